The summed E-state index contributed by atoms with van der Waals surface area (Å²) in [5, 5.41) is 49.4. The van der Waals surface area contributed by atoms with Crippen molar-refractivity contribution in [1.29, 1.82) is 0 Å². The van der Waals surface area contributed by atoms with Crippen molar-refractivity contribution in [2.45, 2.75) is 69.1 Å². The van der Waals surface area contributed by atoms with Crippen LogP contribution in [0.3, 0.4) is 0 Å². The molecule has 0 spiro atoms. The molecule has 2 atom stereocenters. The van der Waals surface area contributed by atoms with Crippen LogP contribution in [0.2, 0.25) is 0 Å². The van der Waals surface area contributed by atoms with E-state index in [4.69, 9.17) is 9.84 Å². The third-order valence-corrected chi connectivity index (χ3v) is 12.7. The molecule has 23 heteroatoms. The molecule has 0 aliphatic rings. The number of amides is 2. The average Bonchev–Trinajstić information content (AvgIpc) is 4.17. The fourth-order valence-electron chi connectivity index (χ4n) is 4.21. The molecule has 7 aromatic heterocycles. The zero-order chi connectivity index (χ0) is 46.9. The Morgan fingerprint density at radius 3 is 1.43 bits per heavy atom. The van der Waals surface area contributed by atoms with Crippen molar-refractivity contribution in [3.05, 3.63) is 146 Å². The first-order chi connectivity index (χ1) is 31.6. The van der Waals surface area contributed by atoms with E-state index in [0.717, 1.165) is 33.7 Å². The molecule has 0 saturated heterocycles. The molecule has 16 nitrogen and oxygen atoms in total. The van der Waals surface area contributed by atoms with Crippen LogP contribution >= 0.6 is 79.4 Å². The lowest BCUT2D eigenvalue weighted by Gasteiger charge is -2.15. The van der Waals surface area contributed by atoms with Gasteiger partial charge in [-0.2, -0.15) is 0 Å². The van der Waals surface area contributed by atoms with Crippen LogP contribution in [0, 0.1) is 0 Å². The normalized spacial score (nSPS) is 10.6. The number of carbonyl (C=O) groups is 5. The van der Waals surface area contributed by atoms with E-state index in [1.165, 1.54) is 86.0 Å². The molecule has 382 valence electrons. The zero-order valence-electron chi connectivity index (χ0n) is 34.4. The van der Waals surface area contributed by atoms with Crippen molar-refractivity contribution in [1.82, 2.24) is 35.6 Å². The summed E-state index contributed by atoms with van der Waals surface area (Å²) in [4.78, 5) is 75.6. The monoisotopic (exact) mass is 1090 g/mol. The first kappa shape index (κ1) is 68.5. The highest BCUT2D eigenvalue weighted by molar-refractivity contribution is 7.12. The summed E-state index contributed by atoms with van der Waals surface area (Å²) in [6.45, 7) is 3.28. The van der Waals surface area contributed by atoms with Crippen molar-refractivity contribution in [3.63, 3.8) is 0 Å². The Kier molecular flexibility index (Phi) is 41.2. The minimum atomic E-state index is -1.49. The minimum Gasteiger partial charge on any atom is -0.478 e. The predicted octanol–water partition coefficient (Wildman–Crippen LogP) is 10.6. The zero-order valence-corrected chi connectivity index (χ0v) is 40.1. The summed E-state index contributed by atoms with van der Waals surface area (Å²) >= 11 is 10.3. The molecule has 5 N–H and O–H groups in total. The van der Waals surface area contributed by atoms with E-state index in [1.54, 1.807) is 82.7 Å². The highest BCUT2D eigenvalue weighted by atomic mass is 32.1. The fourth-order valence-corrected chi connectivity index (χ4v) is 8.31. The van der Waals surface area contributed by atoms with Crippen LogP contribution in [0.5, 0.6) is 0 Å². The van der Waals surface area contributed by atoms with Crippen molar-refractivity contribution in [3.8, 4) is 0 Å². The maximum absolute atomic E-state index is 11.7. The first-order valence-corrected chi connectivity index (χ1v) is 25.1. The van der Waals surface area contributed by atoms with E-state index in [2.05, 4.69) is 41.6 Å². The predicted molar refractivity (Wildman–Crippen MR) is 294 cm³/mol. The second kappa shape index (κ2) is 42.1. The molecule has 0 bridgehead atoms. The smallest absolute Gasteiger partial charge is 0.330 e. The van der Waals surface area contributed by atoms with Gasteiger partial charge in [0.15, 0.2) is 17.4 Å². The van der Waals surface area contributed by atoms with Crippen LogP contribution < -0.4 is 10.6 Å². The molecule has 0 aliphatic carbocycles. The van der Waals surface area contributed by atoms with Crippen molar-refractivity contribution < 1.29 is 44.0 Å². The Balaban J connectivity index is -0.000000815. The number of carbonyl (C=O) groups excluding carboxylic acids is 4. The number of nitrogens with zero attached hydrogens (tertiary/aromatic N) is 5. The number of carboxylic acids is 1. The molecule has 7 rings (SSSR count). The second-order valence-corrected chi connectivity index (χ2v) is 18.4. The lowest BCUT2D eigenvalue weighted by molar-refractivity contribution is -0.137. The SMILES string of the molecule is C.C.C.C.C.CCOC(=O)C=Cc1nccs1.O=C(/C=C/c1nccs1)NCCc1cccs1.O=C(NCCc1cccs1)[C@H](O)[C@@H](O)c1nccs1.O=C(O)/C=C/c1nccs1.O=Cc1nccs1. The second-order valence-electron chi connectivity index (χ2n) is 11.7. The molecule has 0 aromatic carbocycles. The summed E-state index contributed by atoms with van der Waals surface area (Å²) in [5.74, 6) is -1.93. The van der Waals surface area contributed by atoms with Crippen LogP contribution in [0.25, 0.3) is 18.2 Å². The third-order valence-electron chi connectivity index (χ3n) is 7.07. The van der Waals surface area contributed by atoms with Gasteiger partial charge in [-0.05, 0) is 60.9 Å². The molecule has 0 saturated carbocycles. The average molecular weight is 1090 g/mol. The number of aldehydes is 1. The van der Waals surface area contributed by atoms with Gasteiger partial charge in [0.05, 0.1) is 6.61 Å². The van der Waals surface area contributed by atoms with Gasteiger partial charge in [0.25, 0.3) is 5.91 Å². The number of nitrogens with one attached hydrogen (secondary N) is 2. The fraction of sp³-hybridized carbons (Fsp3) is 0.277. The molecular formula is C47H63N7O9S7. The summed E-state index contributed by atoms with van der Waals surface area (Å²) in [6.07, 6.45) is 16.5. The van der Waals surface area contributed by atoms with Gasteiger partial charge >= 0.3 is 11.9 Å². The lowest BCUT2D eigenvalue weighted by Crippen LogP contribution is -2.39. The third kappa shape index (κ3) is 30.7. The number of aliphatic carboxylic acids is 1. The van der Waals surface area contributed by atoms with E-state index >= 15 is 0 Å². The first-order valence-electron chi connectivity index (χ1n) is 18.9. The number of thiophene rings is 2. The Hall–Kier alpha value is -5.76. The highest BCUT2D eigenvalue weighted by Crippen LogP contribution is 2.19. The van der Waals surface area contributed by atoms with Crippen molar-refractivity contribution in [2.75, 3.05) is 19.7 Å². The summed E-state index contributed by atoms with van der Waals surface area (Å²) in [7, 11) is 0. The molecule has 7 heterocycles. The highest BCUT2D eigenvalue weighted by Gasteiger charge is 2.27. The Bertz CT molecular complexity index is 2390. The Morgan fingerprint density at radius 2 is 1.04 bits per heavy atom. The van der Waals surface area contributed by atoms with Gasteiger partial charge < -0.3 is 30.7 Å². The number of esters is 1. The molecule has 0 fully saturated rings. The molecule has 7 aromatic rings. The summed E-state index contributed by atoms with van der Waals surface area (Å²) in [6, 6.07) is 8.02. The molecule has 70 heavy (non-hydrogen) atoms. The number of rotatable bonds is 17. The number of aromatic nitrogens is 5. The van der Waals surface area contributed by atoms with Crippen LogP contribution in [0.1, 0.15) is 89.7 Å². The Labute approximate surface area is 439 Å². The summed E-state index contributed by atoms with van der Waals surface area (Å²) < 4.78 is 4.69. The van der Waals surface area contributed by atoms with Crippen LogP contribution in [0.15, 0.2) is 111 Å². The number of aliphatic hydroxyl groups excluding tert-OH is 2. The quantitative estimate of drug-likeness (QED) is 0.0324. The maximum Gasteiger partial charge on any atom is 0.330 e. The van der Waals surface area contributed by atoms with E-state index in [0.29, 0.717) is 41.1 Å². The van der Waals surface area contributed by atoms with Gasteiger partial charge in [0.1, 0.15) is 26.1 Å². The molecular weight excluding hydrogens is 1030 g/mol. The van der Waals surface area contributed by atoms with Crippen LogP contribution in [0.4, 0.5) is 0 Å². The minimum absolute atomic E-state index is 0. The number of ether oxygens (including phenoxy) is 1. The van der Waals surface area contributed by atoms with Gasteiger partial charge in [-0.25, -0.2) is 34.5 Å². The lowest BCUT2D eigenvalue weighted by atomic mass is 10.2. The van der Waals surface area contributed by atoms with Gasteiger partial charge in [0, 0.05) is 99.0 Å². The molecule has 0 aliphatic heterocycles. The van der Waals surface area contributed by atoms with Crippen LogP contribution in [-0.4, -0.2) is 96.1 Å². The van der Waals surface area contributed by atoms with Gasteiger partial charge in [-0.15, -0.1) is 79.4 Å². The van der Waals surface area contributed by atoms with E-state index < -0.39 is 24.1 Å². The van der Waals surface area contributed by atoms with E-state index in [9.17, 15) is 34.2 Å². The van der Waals surface area contributed by atoms with Gasteiger partial charge in [-0.1, -0.05) is 49.3 Å². The topological polar surface area (TPSA) is 244 Å². The molecule has 0 radical (unpaired) electrons. The van der Waals surface area contributed by atoms with E-state index in [-0.39, 0.29) is 49.0 Å². The van der Waals surface area contributed by atoms with Crippen molar-refractivity contribution >= 4 is 128 Å². The molecule has 2 amide bonds. The van der Waals surface area contributed by atoms with Gasteiger partial charge in [-0.3, -0.25) is 14.4 Å². The number of aliphatic hydroxyl groups is 2. The van der Waals surface area contributed by atoms with Crippen molar-refractivity contribution in [2.24, 2.45) is 0 Å². The Morgan fingerprint density at radius 1 is 0.600 bits per heavy atom. The van der Waals surface area contributed by atoms with Crippen LogP contribution in [-0.2, 0) is 36.8 Å². The number of carboxylic acid groups (broad SMARTS) is 1. The number of hydrogen-bond acceptors (Lipinski definition) is 20. The summed E-state index contributed by atoms with van der Waals surface area (Å²) in [5.41, 5.74) is 0. The number of hydrogen-bond donors (Lipinski definition) is 5. The largest absolute Gasteiger partial charge is 0.478 e. The van der Waals surface area contributed by atoms with Gasteiger partial charge in [0.2, 0.25) is 5.91 Å². The van der Waals surface area contributed by atoms with E-state index in [1.807, 2.05) is 39.7 Å². The molecule has 0 unspecified atom stereocenters. The standard InChI is InChI=1S/C12H14N2O3S2.C12H12N2OS2.C8H9NO2S.C6H5NO2S.C4H3NOS.5CH4/c15-9(10(16)12-14-5-7-19-12)11(17)13-4-3-8-2-1-6-18-8;15-11(3-4-12-14-7-9-17-12)13-6-5-10-2-1-8-16-10;1-2-11-8(10)4-3-7-9-5-6-12-7;8-6(9)2-1-5-7-3-4-10-5;6-3-4-5-1-2-7-4;;;;;/h1-2,5-7,9-10,15-16H,3-4H2,(H,13,17);1-4,7-9H,5-6H2,(H,13,15);3-6H,2H2,1H3;1-4H,(H,8,9);1-3H;5*1H4/b;4-3+;;2-1+;;;;;;/t9-,10-;;;;;;;;;/m1........./s1. The maximum atomic E-state index is 11.7. The number of thiazole rings is 5.